The van der Waals surface area contributed by atoms with E-state index in [0.29, 0.717) is 6.42 Å². The summed E-state index contributed by atoms with van der Waals surface area (Å²) in [6.07, 6.45) is -5.35. The predicted octanol–water partition coefficient (Wildman–Crippen LogP) is 2.19. The summed E-state index contributed by atoms with van der Waals surface area (Å²) in [5.41, 5.74) is 0.0194. The zero-order valence-electron chi connectivity index (χ0n) is 13.5. The molecular weight excluding hydrogens is 383 g/mol. The first-order valence-electron chi connectivity index (χ1n) is 7.30. The highest BCUT2D eigenvalue weighted by Crippen LogP contribution is 2.31. The number of likely N-dealkylation sites (tertiary alicyclic amines) is 1. The molecule has 1 aromatic carbocycles. The van der Waals surface area contributed by atoms with Gasteiger partial charge in [0.1, 0.15) is 17.6 Å². The van der Waals surface area contributed by atoms with Crippen LogP contribution < -0.4 is 9.47 Å². The lowest BCUT2D eigenvalue weighted by molar-refractivity contribution is -0.274. The highest BCUT2D eigenvalue weighted by molar-refractivity contribution is 7.85. The van der Waals surface area contributed by atoms with Crippen LogP contribution in [-0.2, 0) is 20.9 Å². The van der Waals surface area contributed by atoms with Crippen LogP contribution in [0, 0.1) is 0 Å². The number of halogens is 3. The second-order valence-electron chi connectivity index (χ2n) is 5.54. The van der Waals surface area contributed by atoms with Crippen molar-refractivity contribution >= 4 is 16.2 Å². The van der Waals surface area contributed by atoms with Crippen LogP contribution in [-0.4, -0.2) is 56.3 Å². The minimum Gasteiger partial charge on any atom is -0.488 e. The molecule has 1 amide bonds. The molecule has 1 aliphatic heterocycles. The van der Waals surface area contributed by atoms with Crippen molar-refractivity contribution in [3.8, 4) is 11.5 Å². The average Bonchev–Trinajstić information content (AvgIpc) is 2.93. The van der Waals surface area contributed by atoms with E-state index in [1.165, 1.54) is 6.07 Å². The Morgan fingerprint density at radius 3 is 2.62 bits per heavy atom. The van der Waals surface area contributed by atoms with E-state index in [1.54, 1.807) is 0 Å². The summed E-state index contributed by atoms with van der Waals surface area (Å²) in [6.45, 7) is -0.217. The van der Waals surface area contributed by atoms with Crippen LogP contribution in [0.2, 0.25) is 0 Å². The van der Waals surface area contributed by atoms with Gasteiger partial charge in [-0.1, -0.05) is 0 Å². The average molecular weight is 399 g/mol. The van der Waals surface area contributed by atoms with E-state index in [0.717, 1.165) is 23.3 Å². The zero-order chi connectivity index (χ0) is 19.5. The quantitative estimate of drug-likeness (QED) is 0.732. The summed E-state index contributed by atoms with van der Waals surface area (Å²) in [5, 5.41) is 8.93. The van der Waals surface area contributed by atoms with Gasteiger partial charge in [0.25, 0.3) is 10.1 Å². The molecule has 8 nitrogen and oxygen atoms in total. The van der Waals surface area contributed by atoms with Crippen LogP contribution in [0.1, 0.15) is 12.0 Å². The number of benzene rings is 1. The fourth-order valence-electron chi connectivity index (χ4n) is 2.33. The van der Waals surface area contributed by atoms with Gasteiger partial charge in [-0.05, 0) is 18.2 Å². The lowest BCUT2D eigenvalue weighted by Gasteiger charge is -2.18. The zero-order valence-corrected chi connectivity index (χ0v) is 14.3. The van der Waals surface area contributed by atoms with Crippen LogP contribution in [0.5, 0.6) is 11.5 Å². The number of alkyl halides is 3. The molecule has 0 bridgehead atoms. The van der Waals surface area contributed by atoms with Crippen molar-refractivity contribution in [3.05, 3.63) is 23.8 Å². The van der Waals surface area contributed by atoms with Gasteiger partial charge in [-0.2, -0.15) is 8.42 Å². The Labute approximate surface area is 147 Å². The van der Waals surface area contributed by atoms with Crippen molar-refractivity contribution in [1.82, 2.24) is 4.90 Å². The molecule has 1 atom stereocenters. The van der Waals surface area contributed by atoms with Gasteiger partial charge in [0.15, 0.2) is 0 Å². The summed E-state index contributed by atoms with van der Waals surface area (Å²) in [5.74, 6) is -0.476. The lowest BCUT2D eigenvalue weighted by Crippen LogP contribution is -2.29. The third kappa shape index (κ3) is 6.26. The molecule has 0 aliphatic carbocycles. The normalized spacial score (nSPS) is 18.0. The molecule has 1 aromatic rings. The summed E-state index contributed by atoms with van der Waals surface area (Å²) < 4.78 is 73.4. The first-order valence-corrected chi connectivity index (χ1v) is 9.12. The summed E-state index contributed by atoms with van der Waals surface area (Å²) in [4.78, 5) is 12.1. The van der Waals surface area contributed by atoms with Gasteiger partial charge in [-0.15, -0.1) is 13.2 Å². The Morgan fingerprint density at radius 1 is 1.38 bits per heavy atom. The fraction of sp³-hybridized carbons (Fsp3) is 0.500. The number of rotatable bonds is 6. The Hall–Kier alpha value is -2.21. The van der Waals surface area contributed by atoms with Crippen LogP contribution in [0.15, 0.2) is 18.2 Å². The SMILES string of the molecule is CS(=O)(=O)OCc1cc(OC(F)(F)F)ccc1OC1CCN(C(=O)O)C1. The molecular formula is C14H16F3NO7S. The molecule has 0 saturated carbocycles. The molecule has 2 rings (SSSR count). The molecule has 1 fully saturated rings. The van der Waals surface area contributed by atoms with Crippen LogP contribution in [0.25, 0.3) is 0 Å². The monoisotopic (exact) mass is 399 g/mol. The van der Waals surface area contributed by atoms with Gasteiger partial charge in [-0.3, -0.25) is 4.18 Å². The van der Waals surface area contributed by atoms with Crippen molar-refractivity contribution in [2.45, 2.75) is 25.5 Å². The van der Waals surface area contributed by atoms with Crippen molar-refractivity contribution in [2.24, 2.45) is 0 Å². The van der Waals surface area contributed by atoms with Crippen LogP contribution >= 0.6 is 0 Å². The van der Waals surface area contributed by atoms with E-state index < -0.39 is 41.0 Å². The molecule has 1 saturated heterocycles. The molecule has 1 aliphatic rings. The first-order chi connectivity index (χ1) is 11.9. The molecule has 146 valence electrons. The summed E-state index contributed by atoms with van der Waals surface area (Å²) in [6, 6.07) is 3.15. The number of carboxylic acid groups (broad SMARTS) is 1. The molecule has 0 radical (unpaired) electrons. The smallest absolute Gasteiger partial charge is 0.488 e. The maximum Gasteiger partial charge on any atom is 0.573 e. The van der Waals surface area contributed by atoms with Gasteiger partial charge in [0.2, 0.25) is 0 Å². The van der Waals surface area contributed by atoms with Gasteiger partial charge in [-0.25, -0.2) is 4.79 Å². The van der Waals surface area contributed by atoms with E-state index in [2.05, 4.69) is 8.92 Å². The fourth-order valence-corrected chi connectivity index (χ4v) is 2.67. The van der Waals surface area contributed by atoms with E-state index in [1.807, 2.05) is 0 Å². The maximum absolute atomic E-state index is 12.4. The Bertz CT molecular complexity index is 766. The standard InChI is InChI=1S/C14H16F3NO7S/c1-26(21,22)23-8-9-6-10(25-14(15,16)17)2-3-12(9)24-11-4-5-18(7-11)13(19)20/h2-3,6,11H,4-5,7-8H2,1H3,(H,19,20). The second-order valence-corrected chi connectivity index (χ2v) is 7.18. The molecule has 1 N–H and O–H groups in total. The van der Waals surface area contributed by atoms with Gasteiger partial charge in [0.05, 0.1) is 19.4 Å². The minimum absolute atomic E-state index is 0.0194. The highest BCUT2D eigenvalue weighted by Gasteiger charge is 2.32. The van der Waals surface area contributed by atoms with Crippen LogP contribution in [0.4, 0.5) is 18.0 Å². The van der Waals surface area contributed by atoms with Crippen molar-refractivity contribution in [3.63, 3.8) is 0 Å². The van der Waals surface area contributed by atoms with E-state index in [9.17, 15) is 26.4 Å². The van der Waals surface area contributed by atoms with Gasteiger partial charge in [0, 0.05) is 18.5 Å². The number of ether oxygens (including phenoxy) is 2. The molecule has 1 unspecified atom stereocenters. The first kappa shape index (κ1) is 20.1. The second kappa shape index (κ2) is 7.58. The predicted molar refractivity (Wildman–Crippen MR) is 81.4 cm³/mol. The number of hydrogen-bond donors (Lipinski definition) is 1. The number of amides is 1. The Morgan fingerprint density at radius 2 is 2.08 bits per heavy atom. The van der Waals surface area contributed by atoms with Crippen LogP contribution in [0.3, 0.4) is 0 Å². The Balaban J connectivity index is 2.19. The summed E-state index contributed by atoms with van der Waals surface area (Å²) >= 11 is 0. The third-order valence-corrected chi connectivity index (χ3v) is 3.95. The van der Waals surface area contributed by atoms with Crippen molar-refractivity contribution < 1.29 is 45.1 Å². The van der Waals surface area contributed by atoms with E-state index in [4.69, 9.17) is 9.84 Å². The van der Waals surface area contributed by atoms with Gasteiger partial charge < -0.3 is 19.5 Å². The number of hydrogen-bond acceptors (Lipinski definition) is 6. The molecule has 1 heterocycles. The minimum atomic E-state index is -4.91. The Kier molecular flexibility index (Phi) is 5.86. The lowest BCUT2D eigenvalue weighted by atomic mass is 10.2. The summed E-state index contributed by atoms with van der Waals surface area (Å²) in [7, 11) is -3.84. The molecule has 0 aromatic heterocycles. The molecule has 12 heteroatoms. The van der Waals surface area contributed by atoms with E-state index >= 15 is 0 Å². The molecule has 26 heavy (non-hydrogen) atoms. The largest absolute Gasteiger partial charge is 0.573 e. The number of nitrogens with zero attached hydrogens (tertiary/aromatic N) is 1. The van der Waals surface area contributed by atoms with Crippen molar-refractivity contribution in [2.75, 3.05) is 19.3 Å². The van der Waals surface area contributed by atoms with E-state index in [-0.39, 0.29) is 24.4 Å². The van der Waals surface area contributed by atoms with Crippen molar-refractivity contribution in [1.29, 1.82) is 0 Å². The maximum atomic E-state index is 12.4. The third-order valence-electron chi connectivity index (χ3n) is 3.40. The molecule has 0 spiro atoms. The number of carbonyl (C=O) groups is 1. The topological polar surface area (TPSA) is 102 Å². The highest BCUT2D eigenvalue weighted by atomic mass is 32.2. The van der Waals surface area contributed by atoms with Gasteiger partial charge >= 0.3 is 12.5 Å².